The average molecular weight is 299 g/mol. The molecule has 6 heteroatoms. The van der Waals surface area contributed by atoms with Gasteiger partial charge in [-0.1, -0.05) is 19.3 Å². The molecule has 0 radical (unpaired) electrons. The molecule has 1 aliphatic carbocycles. The summed E-state index contributed by atoms with van der Waals surface area (Å²) >= 11 is 0. The topological polar surface area (TPSA) is 76.1 Å². The van der Waals surface area contributed by atoms with Gasteiger partial charge in [-0.25, -0.2) is 0 Å². The summed E-state index contributed by atoms with van der Waals surface area (Å²) in [7, 11) is 3.20. The monoisotopic (exact) mass is 299 g/mol. The zero-order valence-electron chi connectivity index (χ0n) is 12.8. The molecule has 1 saturated heterocycles. The van der Waals surface area contributed by atoms with Gasteiger partial charge in [-0.2, -0.15) is 0 Å². The van der Waals surface area contributed by atoms with Crippen molar-refractivity contribution in [2.75, 3.05) is 27.3 Å². The summed E-state index contributed by atoms with van der Waals surface area (Å²) in [5.74, 6) is -0.928. The fourth-order valence-corrected chi connectivity index (χ4v) is 3.50. The molecule has 2 unspecified atom stereocenters. The first-order valence-electron chi connectivity index (χ1n) is 7.59. The normalized spacial score (nSPS) is 28.6. The summed E-state index contributed by atoms with van der Waals surface area (Å²) in [6, 6.07) is 0. The molecule has 120 valence electrons. The number of carbonyl (C=O) groups excluding carboxylic acids is 1. The molecule has 1 aliphatic heterocycles. The highest BCUT2D eigenvalue weighted by molar-refractivity contribution is 5.85. The number of hydrogen-bond donors (Lipinski definition) is 1. The summed E-state index contributed by atoms with van der Waals surface area (Å²) in [5, 5.41) is 9.56. The average Bonchev–Trinajstić information content (AvgIpc) is 2.91. The Morgan fingerprint density at radius 2 is 1.62 bits per heavy atom. The molecule has 1 heterocycles. The van der Waals surface area contributed by atoms with E-state index in [4.69, 9.17) is 9.47 Å². The van der Waals surface area contributed by atoms with Gasteiger partial charge >= 0.3 is 5.97 Å². The van der Waals surface area contributed by atoms with Crippen LogP contribution < -0.4 is 0 Å². The van der Waals surface area contributed by atoms with Crippen molar-refractivity contribution >= 4 is 11.9 Å². The van der Waals surface area contributed by atoms with E-state index in [-0.39, 0.29) is 24.5 Å². The molecule has 0 bridgehead atoms. The third-order valence-electron chi connectivity index (χ3n) is 4.93. The van der Waals surface area contributed by atoms with Gasteiger partial charge in [0.25, 0.3) is 0 Å². The van der Waals surface area contributed by atoms with Crippen LogP contribution in [0.3, 0.4) is 0 Å². The van der Waals surface area contributed by atoms with Crippen molar-refractivity contribution in [1.29, 1.82) is 0 Å². The number of methoxy groups -OCH3 is 2. The van der Waals surface area contributed by atoms with E-state index in [0.717, 1.165) is 19.3 Å². The molecule has 2 rings (SSSR count). The maximum absolute atomic E-state index is 12.5. The van der Waals surface area contributed by atoms with Crippen molar-refractivity contribution in [1.82, 2.24) is 4.90 Å². The van der Waals surface area contributed by atoms with Crippen LogP contribution in [0.1, 0.15) is 38.5 Å². The number of likely N-dealkylation sites (tertiary alicyclic amines) is 1. The van der Waals surface area contributed by atoms with E-state index < -0.39 is 11.4 Å². The van der Waals surface area contributed by atoms with Crippen LogP contribution in [-0.2, 0) is 19.1 Å². The van der Waals surface area contributed by atoms with E-state index in [0.29, 0.717) is 25.9 Å². The zero-order chi connectivity index (χ0) is 15.5. The van der Waals surface area contributed by atoms with Gasteiger partial charge in [-0.05, 0) is 12.8 Å². The van der Waals surface area contributed by atoms with E-state index >= 15 is 0 Å². The molecule has 0 aromatic rings. The van der Waals surface area contributed by atoms with E-state index in [2.05, 4.69) is 0 Å². The Morgan fingerprint density at radius 1 is 1.10 bits per heavy atom. The standard InChI is InChI=1S/C15H25NO5/c1-20-11-9-16(10-12(11)21-2)13(17)8-15(14(18)19)6-4-3-5-7-15/h11-12H,3-10H2,1-2H3,(H,18,19). The van der Waals surface area contributed by atoms with Gasteiger partial charge < -0.3 is 19.5 Å². The molecule has 21 heavy (non-hydrogen) atoms. The molecule has 0 aromatic carbocycles. The van der Waals surface area contributed by atoms with Gasteiger partial charge in [0, 0.05) is 33.7 Å². The molecule has 0 spiro atoms. The van der Waals surface area contributed by atoms with Crippen LogP contribution in [0.2, 0.25) is 0 Å². The van der Waals surface area contributed by atoms with E-state index in [1.54, 1.807) is 19.1 Å². The number of carbonyl (C=O) groups is 2. The maximum atomic E-state index is 12.5. The molecule has 1 N–H and O–H groups in total. The third kappa shape index (κ3) is 3.37. The summed E-state index contributed by atoms with van der Waals surface area (Å²) < 4.78 is 10.6. The van der Waals surface area contributed by atoms with Crippen molar-refractivity contribution in [3.8, 4) is 0 Å². The first-order valence-corrected chi connectivity index (χ1v) is 7.59. The van der Waals surface area contributed by atoms with Gasteiger partial charge in [0.1, 0.15) is 12.2 Å². The Balaban J connectivity index is 2.01. The van der Waals surface area contributed by atoms with E-state index in [9.17, 15) is 14.7 Å². The summed E-state index contributed by atoms with van der Waals surface area (Å²) in [5.41, 5.74) is -0.872. The van der Waals surface area contributed by atoms with Crippen LogP contribution in [0.4, 0.5) is 0 Å². The highest BCUT2D eigenvalue weighted by Gasteiger charge is 2.44. The van der Waals surface area contributed by atoms with Crippen LogP contribution in [0.15, 0.2) is 0 Å². The molecular formula is C15H25NO5. The second kappa shape index (κ2) is 6.75. The second-order valence-electron chi connectivity index (χ2n) is 6.17. The number of hydrogen-bond acceptors (Lipinski definition) is 4. The predicted octanol–water partition coefficient (Wildman–Crippen LogP) is 1.28. The van der Waals surface area contributed by atoms with Gasteiger partial charge in [0.15, 0.2) is 0 Å². The summed E-state index contributed by atoms with van der Waals surface area (Å²) in [6.45, 7) is 0.951. The van der Waals surface area contributed by atoms with Crippen LogP contribution >= 0.6 is 0 Å². The Morgan fingerprint density at radius 3 is 2.05 bits per heavy atom. The molecule has 1 saturated carbocycles. The van der Waals surface area contributed by atoms with Gasteiger partial charge in [0.2, 0.25) is 5.91 Å². The fraction of sp³-hybridized carbons (Fsp3) is 0.867. The first kappa shape index (κ1) is 16.2. The molecule has 6 nitrogen and oxygen atoms in total. The number of nitrogens with zero attached hydrogens (tertiary/aromatic N) is 1. The molecule has 1 amide bonds. The van der Waals surface area contributed by atoms with Crippen LogP contribution in [0.5, 0.6) is 0 Å². The summed E-state index contributed by atoms with van der Waals surface area (Å²) in [4.78, 5) is 25.8. The summed E-state index contributed by atoms with van der Waals surface area (Å²) in [6.07, 6.45) is 3.87. The minimum Gasteiger partial charge on any atom is -0.481 e. The van der Waals surface area contributed by atoms with Crippen molar-refractivity contribution in [3.05, 3.63) is 0 Å². The molecule has 2 fully saturated rings. The Hall–Kier alpha value is -1.14. The van der Waals surface area contributed by atoms with Crippen LogP contribution in [0, 0.1) is 5.41 Å². The van der Waals surface area contributed by atoms with Gasteiger partial charge in [-0.3, -0.25) is 9.59 Å². The Labute approximate surface area is 125 Å². The maximum Gasteiger partial charge on any atom is 0.310 e. The van der Waals surface area contributed by atoms with E-state index in [1.165, 1.54) is 0 Å². The highest BCUT2D eigenvalue weighted by Crippen LogP contribution is 2.40. The Bertz CT molecular complexity index is 380. The highest BCUT2D eigenvalue weighted by atomic mass is 16.5. The number of amides is 1. The predicted molar refractivity (Wildman–Crippen MR) is 75.9 cm³/mol. The second-order valence-corrected chi connectivity index (χ2v) is 6.17. The molecular weight excluding hydrogens is 274 g/mol. The lowest BCUT2D eigenvalue weighted by atomic mass is 9.71. The number of rotatable bonds is 5. The minimum absolute atomic E-state index is 0.0925. The van der Waals surface area contributed by atoms with E-state index in [1.807, 2.05) is 0 Å². The number of carboxylic acids is 1. The third-order valence-corrected chi connectivity index (χ3v) is 4.93. The zero-order valence-corrected chi connectivity index (χ0v) is 12.8. The SMILES string of the molecule is COC1CN(C(=O)CC2(C(=O)O)CCCCC2)CC1OC. The molecule has 0 aromatic heterocycles. The quantitative estimate of drug-likeness (QED) is 0.827. The molecule has 2 atom stereocenters. The lowest BCUT2D eigenvalue weighted by molar-refractivity contribution is -0.155. The van der Waals surface area contributed by atoms with Crippen molar-refractivity contribution in [3.63, 3.8) is 0 Å². The number of ether oxygens (including phenoxy) is 2. The number of aliphatic carboxylic acids is 1. The van der Waals surface area contributed by atoms with Crippen molar-refractivity contribution in [2.45, 2.75) is 50.7 Å². The minimum atomic E-state index is -0.872. The Kier molecular flexibility index (Phi) is 5.22. The van der Waals surface area contributed by atoms with Crippen molar-refractivity contribution < 1.29 is 24.2 Å². The van der Waals surface area contributed by atoms with Crippen LogP contribution in [-0.4, -0.2) is 61.4 Å². The lowest BCUT2D eigenvalue weighted by Gasteiger charge is -2.33. The fourth-order valence-electron chi connectivity index (χ4n) is 3.50. The van der Waals surface area contributed by atoms with Gasteiger partial charge in [-0.15, -0.1) is 0 Å². The largest absolute Gasteiger partial charge is 0.481 e. The number of carboxylic acid groups (broad SMARTS) is 1. The first-order chi connectivity index (χ1) is 10.0. The van der Waals surface area contributed by atoms with Crippen molar-refractivity contribution in [2.24, 2.45) is 5.41 Å². The van der Waals surface area contributed by atoms with Gasteiger partial charge in [0.05, 0.1) is 5.41 Å². The van der Waals surface area contributed by atoms with Crippen LogP contribution in [0.25, 0.3) is 0 Å². The molecule has 2 aliphatic rings. The smallest absolute Gasteiger partial charge is 0.310 e. The lowest BCUT2D eigenvalue weighted by Crippen LogP contribution is -2.40.